The lowest BCUT2D eigenvalue weighted by Gasteiger charge is -2.36. The van der Waals surface area contributed by atoms with E-state index in [-0.39, 0.29) is 11.4 Å². The number of nitrogens with two attached hydrogens (primary N) is 1. The van der Waals surface area contributed by atoms with Crippen molar-refractivity contribution in [3.8, 4) is 11.3 Å². The van der Waals surface area contributed by atoms with Crippen molar-refractivity contribution in [2.24, 2.45) is 5.73 Å². The molecule has 1 fully saturated rings. The summed E-state index contributed by atoms with van der Waals surface area (Å²) in [5.74, 6) is -3.63. The van der Waals surface area contributed by atoms with Crippen LogP contribution in [0.5, 0.6) is 0 Å². The first-order valence-electron chi connectivity index (χ1n) is 8.38. The highest BCUT2D eigenvalue weighted by molar-refractivity contribution is 14.1. The lowest BCUT2D eigenvalue weighted by Crippen LogP contribution is -2.59. The van der Waals surface area contributed by atoms with Gasteiger partial charge in [0.2, 0.25) is 0 Å². The van der Waals surface area contributed by atoms with Gasteiger partial charge in [-0.15, -0.1) is 11.3 Å². The van der Waals surface area contributed by atoms with Crippen molar-refractivity contribution in [3.63, 3.8) is 0 Å². The van der Waals surface area contributed by atoms with E-state index in [1.807, 2.05) is 18.3 Å². The molecule has 0 aromatic carbocycles. The zero-order valence-corrected chi connectivity index (χ0v) is 17.0. The Morgan fingerprint density at radius 3 is 3.04 bits per heavy atom. The van der Waals surface area contributed by atoms with E-state index in [1.54, 1.807) is 16.1 Å². The molecule has 3 N–H and O–H groups in total. The predicted molar refractivity (Wildman–Crippen MR) is 107 cm³/mol. The number of hydrogen-bond donors (Lipinski definition) is 2. The molecule has 1 aliphatic carbocycles. The molecule has 27 heavy (non-hydrogen) atoms. The standard InChI is InChI=1S/C17H16F2IN5OS/c18-17(19)5-1-2-11(21)14(17)24-15(26)16-23-12(8-27-16)10-6-22-25-7-9(20)3-4-13(10)25/h3-4,6-8,11,14H,1-2,5,21H2,(H,24,26)/t11-,14+/m0/s1. The second-order valence-electron chi connectivity index (χ2n) is 6.54. The summed E-state index contributed by atoms with van der Waals surface area (Å²) in [6.45, 7) is 0. The highest BCUT2D eigenvalue weighted by atomic mass is 127. The van der Waals surface area contributed by atoms with Crippen molar-refractivity contribution in [1.82, 2.24) is 19.9 Å². The molecule has 4 rings (SSSR count). The van der Waals surface area contributed by atoms with Crippen LogP contribution in [0, 0.1) is 3.57 Å². The lowest BCUT2D eigenvalue weighted by atomic mass is 9.87. The summed E-state index contributed by atoms with van der Waals surface area (Å²) in [7, 11) is 0. The van der Waals surface area contributed by atoms with Crippen molar-refractivity contribution < 1.29 is 13.6 Å². The fourth-order valence-corrected chi connectivity index (χ4v) is 4.45. The molecule has 1 saturated carbocycles. The third-order valence-corrected chi connectivity index (χ3v) is 6.15. The maximum atomic E-state index is 14.1. The summed E-state index contributed by atoms with van der Waals surface area (Å²) >= 11 is 3.31. The van der Waals surface area contributed by atoms with E-state index in [2.05, 4.69) is 38.0 Å². The first-order valence-corrected chi connectivity index (χ1v) is 10.3. The second-order valence-corrected chi connectivity index (χ2v) is 8.65. The topological polar surface area (TPSA) is 85.3 Å². The number of fused-ring (bicyclic) bond motifs is 1. The van der Waals surface area contributed by atoms with Crippen LogP contribution in [0.1, 0.15) is 29.1 Å². The highest BCUT2D eigenvalue weighted by Crippen LogP contribution is 2.33. The summed E-state index contributed by atoms with van der Waals surface area (Å²) in [4.78, 5) is 16.8. The Morgan fingerprint density at radius 2 is 2.26 bits per heavy atom. The van der Waals surface area contributed by atoms with E-state index < -0.39 is 23.9 Å². The molecule has 1 aliphatic rings. The van der Waals surface area contributed by atoms with E-state index >= 15 is 0 Å². The number of aromatic nitrogens is 3. The number of carbonyl (C=O) groups excluding carboxylic acids is 1. The summed E-state index contributed by atoms with van der Waals surface area (Å²) in [5.41, 5.74) is 8.03. The smallest absolute Gasteiger partial charge is 0.280 e. The average Bonchev–Trinajstić information content (AvgIpc) is 3.24. The molecule has 0 unspecified atom stereocenters. The Balaban J connectivity index is 1.57. The van der Waals surface area contributed by atoms with Gasteiger partial charge < -0.3 is 11.1 Å². The third kappa shape index (κ3) is 3.57. The van der Waals surface area contributed by atoms with E-state index in [1.165, 1.54) is 0 Å². The minimum absolute atomic E-state index is 0.128. The van der Waals surface area contributed by atoms with Gasteiger partial charge in [0.1, 0.15) is 6.04 Å². The van der Waals surface area contributed by atoms with Gasteiger partial charge in [-0.3, -0.25) is 4.79 Å². The Morgan fingerprint density at radius 1 is 1.44 bits per heavy atom. The van der Waals surface area contributed by atoms with Gasteiger partial charge in [0, 0.05) is 33.2 Å². The minimum atomic E-state index is -3.01. The number of nitrogens with one attached hydrogen (secondary N) is 1. The van der Waals surface area contributed by atoms with Gasteiger partial charge in [0.05, 0.1) is 17.4 Å². The molecular formula is C17H16F2IN5OS. The first-order chi connectivity index (χ1) is 12.8. The molecule has 142 valence electrons. The Kier molecular flexibility index (Phi) is 4.89. The molecule has 6 nitrogen and oxygen atoms in total. The molecule has 3 heterocycles. The van der Waals surface area contributed by atoms with Crippen LogP contribution in [0.15, 0.2) is 29.9 Å². The molecule has 0 bridgehead atoms. The number of hydrogen-bond acceptors (Lipinski definition) is 5. The van der Waals surface area contributed by atoms with Gasteiger partial charge in [0.15, 0.2) is 5.01 Å². The first kappa shape index (κ1) is 18.7. The number of amides is 1. The Labute approximate surface area is 171 Å². The van der Waals surface area contributed by atoms with Crippen LogP contribution in [0.2, 0.25) is 0 Å². The van der Waals surface area contributed by atoms with E-state index in [0.29, 0.717) is 18.5 Å². The van der Waals surface area contributed by atoms with Crippen LogP contribution >= 0.6 is 33.9 Å². The number of pyridine rings is 1. The highest BCUT2D eigenvalue weighted by Gasteiger charge is 2.46. The number of halogens is 3. The van der Waals surface area contributed by atoms with E-state index in [4.69, 9.17) is 5.73 Å². The predicted octanol–water partition coefficient (Wildman–Crippen LogP) is 3.31. The maximum absolute atomic E-state index is 14.1. The molecule has 3 aromatic heterocycles. The summed E-state index contributed by atoms with van der Waals surface area (Å²) in [5, 5.41) is 8.54. The van der Waals surface area contributed by atoms with Gasteiger partial charge in [0.25, 0.3) is 11.8 Å². The molecular weight excluding hydrogens is 487 g/mol. The molecule has 0 spiro atoms. The van der Waals surface area contributed by atoms with Gasteiger partial charge in [-0.25, -0.2) is 18.3 Å². The van der Waals surface area contributed by atoms with Crippen molar-refractivity contribution >= 4 is 45.4 Å². The monoisotopic (exact) mass is 503 g/mol. The van der Waals surface area contributed by atoms with Gasteiger partial charge >= 0.3 is 0 Å². The third-order valence-electron chi connectivity index (χ3n) is 4.67. The van der Waals surface area contributed by atoms with E-state index in [9.17, 15) is 13.6 Å². The van der Waals surface area contributed by atoms with E-state index in [0.717, 1.165) is 26.0 Å². The van der Waals surface area contributed by atoms with Gasteiger partial charge in [-0.1, -0.05) is 0 Å². The lowest BCUT2D eigenvalue weighted by molar-refractivity contribution is -0.0674. The fourth-order valence-electron chi connectivity index (χ4n) is 3.28. The molecule has 3 aromatic rings. The quantitative estimate of drug-likeness (QED) is 0.538. The summed E-state index contributed by atoms with van der Waals surface area (Å²) in [6, 6.07) is 1.74. The minimum Gasteiger partial charge on any atom is -0.340 e. The largest absolute Gasteiger partial charge is 0.340 e. The molecule has 2 atom stereocenters. The average molecular weight is 503 g/mol. The van der Waals surface area contributed by atoms with Crippen LogP contribution in [0.4, 0.5) is 8.78 Å². The number of thiazole rings is 1. The van der Waals surface area contributed by atoms with Crippen molar-refractivity contribution in [1.29, 1.82) is 0 Å². The zero-order chi connectivity index (χ0) is 19.2. The van der Waals surface area contributed by atoms with Crippen LogP contribution in [0.25, 0.3) is 16.8 Å². The maximum Gasteiger partial charge on any atom is 0.280 e. The second kappa shape index (κ2) is 7.06. The number of alkyl halides is 2. The fraction of sp³-hybridized carbons (Fsp3) is 0.353. The van der Waals surface area contributed by atoms with Crippen LogP contribution in [-0.2, 0) is 0 Å². The van der Waals surface area contributed by atoms with Crippen molar-refractivity contribution in [2.45, 2.75) is 37.3 Å². The molecule has 0 radical (unpaired) electrons. The molecule has 10 heteroatoms. The summed E-state index contributed by atoms with van der Waals surface area (Å²) < 4.78 is 31.0. The normalized spacial score (nSPS) is 22.1. The van der Waals surface area contributed by atoms with Crippen LogP contribution in [-0.4, -0.2) is 38.5 Å². The van der Waals surface area contributed by atoms with Crippen molar-refractivity contribution in [3.05, 3.63) is 38.5 Å². The summed E-state index contributed by atoms with van der Waals surface area (Å²) in [6.07, 6.45) is 4.11. The number of carbonyl (C=O) groups is 1. The van der Waals surface area contributed by atoms with Crippen LogP contribution < -0.4 is 11.1 Å². The Bertz CT molecular complexity index is 1000. The molecule has 0 saturated heterocycles. The Hall–Kier alpha value is -1.66. The number of nitrogens with zero attached hydrogens (tertiary/aromatic N) is 3. The zero-order valence-electron chi connectivity index (χ0n) is 14.0. The number of rotatable bonds is 3. The van der Waals surface area contributed by atoms with Gasteiger partial charge in [-0.05, 0) is 47.6 Å². The molecule has 1 amide bonds. The van der Waals surface area contributed by atoms with Crippen LogP contribution in [0.3, 0.4) is 0 Å². The SMILES string of the molecule is N[C@H]1CCCC(F)(F)[C@@H]1NC(=O)c1nc(-c2cnn3cc(I)ccc23)cs1. The van der Waals surface area contributed by atoms with Gasteiger partial charge in [-0.2, -0.15) is 5.10 Å². The molecule has 0 aliphatic heterocycles. The van der Waals surface area contributed by atoms with Crippen molar-refractivity contribution in [2.75, 3.05) is 0 Å².